The van der Waals surface area contributed by atoms with Crippen LogP contribution in [0.25, 0.3) is 10.4 Å². The lowest BCUT2D eigenvalue weighted by atomic mass is 10.1. The SMILES string of the molecule is CCCCCOc1ccc(-c2sc(=S)[nH]c2C)cc1OCC. The molecular weight excluding hydrogens is 314 g/mol. The van der Waals surface area contributed by atoms with Crippen LogP contribution in [0.4, 0.5) is 0 Å². The topological polar surface area (TPSA) is 34.2 Å². The molecule has 1 aromatic heterocycles. The van der Waals surface area contributed by atoms with Gasteiger partial charge in [-0.05, 0) is 56.2 Å². The number of unbranched alkanes of at least 4 members (excludes halogenated alkanes) is 2. The molecule has 0 atom stereocenters. The zero-order chi connectivity index (χ0) is 15.9. The number of hydrogen-bond donors (Lipinski definition) is 1. The lowest BCUT2D eigenvalue weighted by Gasteiger charge is -2.13. The Morgan fingerprint density at radius 3 is 2.59 bits per heavy atom. The van der Waals surface area contributed by atoms with Gasteiger partial charge in [0.2, 0.25) is 0 Å². The monoisotopic (exact) mass is 337 g/mol. The summed E-state index contributed by atoms with van der Waals surface area (Å²) in [6.45, 7) is 7.57. The van der Waals surface area contributed by atoms with Gasteiger partial charge in [-0.15, -0.1) is 11.3 Å². The first-order chi connectivity index (χ1) is 10.7. The lowest BCUT2D eigenvalue weighted by Crippen LogP contribution is -2.01. The number of rotatable bonds is 8. The molecule has 0 bridgehead atoms. The van der Waals surface area contributed by atoms with Crippen LogP contribution in [-0.2, 0) is 0 Å². The molecule has 1 heterocycles. The van der Waals surface area contributed by atoms with Crippen LogP contribution >= 0.6 is 23.6 Å². The molecule has 0 amide bonds. The Bertz CT molecular complexity index is 661. The van der Waals surface area contributed by atoms with E-state index in [1.807, 2.05) is 26.0 Å². The molecule has 2 rings (SSSR count). The van der Waals surface area contributed by atoms with Gasteiger partial charge in [0.25, 0.3) is 0 Å². The minimum absolute atomic E-state index is 0.622. The van der Waals surface area contributed by atoms with Crippen molar-refractivity contribution in [3.63, 3.8) is 0 Å². The summed E-state index contributed by atoms with van der Waals surface area (Å²) in [7, 11) is 0. The number of aromatic amines is 1. The highest BCUT2D eigenvalue weighted by atomic mass is 32.1. The number of benzene rings is 1. The van der Waals surface area contributed by atoms with Crippen LogP contribution in [0, 0.1) is 10.9 Å². The predicted octanol–water partition coefficient (Wildman–Crippen LogP) is 5.75. The largest absolute Gasteiger partial charge is 0.490 e. The Balaban J connectivity index is 2.22. The third-order valence-corrected chi connectivity index (χ3v) is 4.72. The summed E-state index contributed by atoms with van der Waals surface area (Å²) in [5.74, 6) is 1.62. The van der Waals surface area contributed by atoms with Crippen molar-refractivity contribution in [3.05, 3.63) is 27.8 Å². The first kappa shape index (κ1) is 17.0. The van der Waals surface area contributed by atoms with Gasteiger partial charge < -0.3 is 14.5 Å². The van der Waals surface area contributed by atoms with Crippen molar-refractivity contribution in [2.75, 3.05) is 13.2 Å². The molecule has 0 fully saturated rings. The van der Waals surface area contributed by atoms with E-state index in [1.54, 1.807) is 11.3 Å². The number of hydrogen-bond acceptors (Lipinski definition) is 4. The van der Waals surface area contributed by atoms with Crippen LogP contribution in [-0.4, -0.2) is 18.2 Å². The summed E-state index contributed by atoms with van der Waals surface area (Å²) in [6, 6.07) is 6.10. The molecule has 2 aromatic rings. The standard InChI is InChI=1S/C17H23NO2S2/c1-4-6-7-10-20-14-9-8-13(11-15(14)19-5-2)16-12(3)18-17(21)22-16/h8-9,11H,4-7,10H2,1-3H3,(H,18,21). The zero-order valence-corrected chi connectivity index (χ0v) is 15.0. The van der Waals surface area contributed by atoms with Crippen molar-refractivity contribution < 1.29 is 9.47 Å². The minimum Gasteiger partial charge on any atom is -0.490 e. The van der Waals surface area contributed by atoms with Crippen LogP contribution in [0.5, 0.6) is 11.5 Å². The fourth-order valence-corrected chi connectivity index (χ4v) is 3.49. The van der Waals surface area contributed by atoms with Gasteiger partial charge >= 0.3 is 0 Å². The van der Waals surface area contributed by atoms with Crippen molar-refractivity contribution in [2.24, 2.45) is 0 Å². The van der Waals surface area contributed by atoms with Crippen molar-refractivity contribution in [3.8, 4) is 21.9 Å². The molecule has 0 unspecified atom stereocenters. The summed E-state index contributed by atoms with van der Waals surface area (Å²) >= 11 is 6.81. The third-order valence-electron chi connectivity index (χ3n) is 3.34. The molecule has 5 heteroatoms. The lowest BCUT2D eigenvalue weighted by molar-refractivity contribution is 0.271. The van der Waals surface area contributed by atoms with E-state index >= 15 is 0 Å². The first-order valence-electron chi connectivity index (χ1n) is 7.75. The van der Waals surface area contributed by atoms with Gasteiger partial charge in [0.05, 0.1) is 18.1 Å². The molecule has 0 radical (unpaired) electrons. The Kier molecular flexibility index (Phi) is 6.46. The molecule has 1 N–H and O–H groups in total. The number of aryl methyl sites for hydroxylation is 1. The molecule has 0 aliphatic rings. The van der Waals surface area contributed by atoms with Gasteiger partial charge in [-0.3, -0.25) is 0 Å². The molecule has 22 heavy (non-hydrogen) atoms. The van der Waals surface area contributed by atoms with Gasteiger partial charge in [0.15, 0.2) is 15.5 Å². The number of thiazole rings is 1. The molecule has 0 aliphatic heterocycles. The fourth-order valence-electron chi connectivity index (χ4n) is 2.25. The van der Waals surface area contributed by atoms with Crippen LogP contribution in [0.3, 0.4) is 0 Å². The minimum atomic E-state index is 0.622. The van der Waals surface area contributed by atoms with Crippen LogP contribution < -0.4 is 9.47 Å². The van der Waals surface area contributed by atoms with Gasteiger partial charge in [-0.2, -0.15) is 0 Å². The second-order valence-corrected chi connectivity index (χ2v) is 6.81. The highest BCUT2D eigenvalue weighted by Gasteiger charge is 2.11. The molecule has 1 aromatic carbocycles. The maximum Gasteiger partial charge on any atom is 0.161 e. The van der Waals surface area contributed by atoms with E-state index in [2.05, 4.69) is 18.0 Å². The van der Waals surface area contributed by atoms with E-state index < -0.39 is 0 Å². The normalized spacial score (nSPS) is 10.7. The van der Waals surface area contributed by atoms with Crippen LogP contribution in [0.2, 0.25) is 0 Å². The van der Waals surface area contributed by atoms with E-state index in [4.69, 9.17) is 21.7 Å². The molecule has 0 saturated carbocycles. The van der Waals surface area contributed by atoms with Gasteiger partial charge in [0, 0.05) is 5.69 Å². The number of nitrogens with one attached hydrogen (secondary N) is 1. The Labute approximate surface area is 141 Å². The number of ether oxygens (including phenoxy) is 2. The van der Waals surface area contributed by atoms with Crippen LogP contribution in [0.1, 0.15) is 38.8 Å². The number of aromatic nitrogens is 1. The summed E-state index contributed by atoms with van der Waals surface area (Å²) in [4.78, 5) is 4.34. The summed E-state index contributed by atoms with van der Waals surface area (Å²) in [5.41, 5.74) is 2.20. The fraction of sp³-hybridized carbons (Fsp3) is 0.471. The van der Waals surface area contributed by atoms with Gasteiger partial charge in [-0.1, -0.05) is 19.8 Å². The van der Waals surface area contributed by atoms with Crippen molar-refractivity contribution in [1.82, 2.24) is 4.98 Å². The molecular formula is C17H23NO2S2. The molecule has 120 valence electrons. The molecule has 0 saturated heterocycles. The van der Waals surface area contributed by atoms with Crippen LogP contribution in [0.15, 0.2) is 18.2 Å². The maximum atomic E-state index is 5.87. The summed E-state index contributed by atoms with van der Waals surface area (Å²) in [5, 5.41) is 0. The van der Waals surface area contributed by atoms with E-state index in [0.717, 1.165) is 44.6 Å². The first-order valence-corrected chi connectivity index (χ1v) is 8.97. The summed E-state index contributed by atoms with van der Waals surface area (Å²) in [6.07, 6.45) is 3.45. The average molecular weight is 338 g/mol. The Morgan fingerprint density at radius 2 is 1.95 bits per heavy atom. The summed E-state index contributed by atoms with van der Waals surface area (Å²) < 4.78 is 12.4. The smallest absolute Gasteiger partial charge is 0.161 e. The quantitative estimate of drug-likeness (QED) is 0.492. The van der Waals surface area contributed by atoms with E-state index in [9.17, 15) is 0 Å². The van der Waals surface area contributed by atoms with E-state index in [0.29, 0.717) is 6.61 Å². The van der Waals surface area contributed by atoms with Gasteiger partial charge in [-0.25, -0.2) is 0 Å². The Hall–Kier alpha value is -1.33. The van der Waals surface area contributed by atoms with Crippen molar-refractivity contribution in [2.45, 2.75) is 40.0 Å². The zero-order valence-electron chi connectivity index (χ0n) is 13.4. The number of H-pyrrole nitrogens is 1. The van der Waals surface area contributed by atoms with Gasteiger partial charge in [0.1, 0.15) is 0 Å². The second-order valence-electron chi connectivity index (χ2n) is 5.12. The average Bonchev–Trinajstić information content (AvgIpc) is 2.84. The second kappa shape index (κ2) is 8.34. The highest BCUT2D eigenvalue weighted by Crippen LogP contribution is 2.36. The Morgan fingerprint density at radius 1 is 1.14 bits per heavy atom. The third kappa shape index (κ3) is 4.34. The molecule has 3 nitrogen and oxygen atoms in total. The van der Waals surface area contributed by atoms with E-state index in [1.165, 1.54) is 12.8 Å². The van der Waals surface area contributed by atoms with Crippen molar-refractivity contribution in [1.29, 1.82) is 0 Å². The highest BCUT2D eigenvalue weighted by molar-refractivity contribution is 7.73. The maximum absolute atomic E-state index is 5.87. The predicted molar refractivity (Wildman–Crippen MR) is 95.9 cm³/mol. The molecule has 0 spiro atoms. The molecule has 0 aliphatic carbocycles. The van der Waals surface area contributed by atoms with E-state index in [-0.39, 0.29) is 0 Å². The van der Waals surface area contributed by atoms with Crippen molar-refractivity contribution >= 4 is 23.6 Å².